The van der Waals surface area contributed by atoms with Crippen molar-refractivity contribution in [3.63, 3.8) is 0 Å². The highest BCUT2D eigenvalue weighted by Gasteiger charge is 2.52. The Morgan fingerprint density at radius 3 is 2.58 bits per heavy atom. The number of esters is 1. The second kappa shape index (κ2) is 13.4. The molecule has 3 atom stereocenters. The van der Waals surface area contributed by atoms with E-state index in [4.69, 9.17) is 18.5 Å². The number of ether oxygens (including phenoxy) is 2. The molecule has 0 bridgehead atoms. The van der Waals surface area contributed by atoms with Crippen LogP contribution in [0.4, 0.5) is 0 Å². The van der Waals surface area contributed by atoms with Crippen LogP contribution in [-0.2, 0) is 29.6 Å². The fourth-order valence-electron chi connectivity index (χ4n) is 5.22. The lowest BCUT2D eigenvalue weighted by atomic mass is 9.73. The van der Waals surface area contributed by atoms with E-state index in [-0.39, 0.29) is 49.4 Å². The van der Waals surface area contributed by atoms with Gasteiger partial charge in [-0.15, -0.1) is 0 Å². The first kappa shape index (κ1) is 30.6. The first-order valence-corrected chi connectivity index (χ1v) is 15.1. The van der Waals surface area contributed by atoms with E-state index in [0.29, 0.717) is 12.0 Å². The number of rotatable bonds is 14. The summed E-state index contributed by atoms with van der Waals surface area (Å²) >= 11 is 0. The minimum Gasteiger partial charge on any atom is -0.507 e. The zero-order valence-electron chi connectivity index (χ0n) is 23.2. The Balaban J connectivity index is 1.97. The maximum atomic E-state index is 13.5. The first-order valence-electron chi connectivity index (χ1n) is 13.6. The molecule has 1 aromatic carbocycles. The van der Waals surface area contributed by atoms with Crippen LogP contribution in [0.15, 0.2) is 35.9 Å². The summed E-state index contributed by atoms with van der Waals surface area (Å²) < 4.78 is 33.8. The van der Waals surface area contributed by atoms with Crippen LogP contribution >= 0.6 is 7.82 Å². The number of aromatic hydroxyl groups is 1. The first-order chi connectivity index (χ1) is 18.0. The van der Waals surface area contributed by atoms with Crippen molar-refractivity contribution >= 4 is 13.8 Å². The molecule has 0 aliphatic heterocycles. The zero-order chi connectivity index (χ0) is 27.9. The molecule has 0 amide bonds. The number of phosphoric ester groups is 1. The number of phosphoric acid groups is 1. The summed E-state index contributed by atoms with van der Waals surface area (Å²) in [6, 6.07) is 3.58. The Morgan fingerprint density at radius 1 is 1.24 bits per heavy atom. The molecular formula is C29H43O8P. The maximum Gasteiger partial charge on any atom is 0.473 e. The van der Waals surface area contributed by atoms with Crippen molar-refractivity contribution in [2.24, 2.45) is 5.92 Å². The maximum absolute atomic E-state index is 13.5. The molecule has 0 aromatic heterocycles. The summed E-state index contributed by atoms with van der Waals surface area (Å²) in [5.41, 5.74) is 2.00. The topological polar surface area (TPSA) is 112 Å². The normalized spacial score (nSPS) is 22.2. The number of carbonyl (C=O) groups excluding carboxylic acids is 1. The Morgan fingerprint density at radius 2 is 1.97 bits per heavy atom. The van der Waals surface area contributed by atoms with Gasteiger partial charge in [-0.25, -0.2) is 9.36 Å². The fraction of sp³-hybridized carbons (Fsp3) is 0.621. The van der Waals surface area contributed by atoms with Crippen LogP contribution in [0.5, 0.6) is 11.5 Å². The summed E-state index contributed by atoms with van der Waals surface area (Å²) in [7, 11) is -3.08. The lowest BCUT2D eigenvalue weighted by Gasteiger charge is -2.39. The second-order valence-electron chi connectivity index (χ2n) is 10.6. The lowest BCUT2D eigenvalue weighted by Crippen LogP contribution is -2.49. The van der Waals surface area contributed by atoms with Gasteiger partial charge in [0, 0.05) is 18.6 Å². The predicted molar refractivity (Wildman–Crippen MR) is 146 cm³/mol. The van der Waals surface area contributed by atoms with E-state index in [1.165, 1.54) is 12.7 Å². The molecule has 3 rings (SSSR count). The lowest BCUT2D eigenvalue weighted by molar-refractivity contribution is -0.163. The van der Waals surface area contributed by atoms with Gasteiger partial charge in [-0.05, 0) is 82.4 Å². The molecule has 2 aliphatic rings. The van der Waals surface area contributed by atoms with E-state index in [0.717, 1.165) is 49.7 Å². The highest BCUT2D eigenvalue weighted by atomic mass is 31.2. The number of aryl methyl sites for hydroxylation is 1. The molecule has 8 nitrogen and oxygen atoms in total. The monoisotopic (exact) mass is 550 g/mol. The molecule has 0 heterocycles. The summed E-state index contributed by atoms with van der Waals surface area (Å²) in [4.78, 5) is 23.8. The number of phenolic OH excluding ortho intramolecular Hbond substituents is 1. The zero-order valence-corrected chi connectivity index (χ0v) is 24.1. The summed E-state index contributed by atoms with van der Waals surface area (Å²) in [5, 5.41) is 11.3. The van der Waals surface area contributed by atoms with Gasteiger partial charge in [-0.3, -0.25) is 9.05 Å². The van der Waals surface area contributed by atoms with Gasteiger partial charge in [0.05, 0.1) is 13.2 Å². The highest BCUT2D eigenvalue weighted by Crippen LogP contribution is 2.54. The standard InChI is InChI=1S/C29H43O8P/c1-6-7-8-10-22-18-25(30)27(24-17-21(4)11-12-23(24)20(2)3)26(19-22)36-28(31)29(13-9-14-29)37-38(32,33)35-16-15-34-5/h17-19,23-24,30H,2,6-16H2,1,3-5H3,(H,32,33)/t23-,24+/m0/s1. The largest absolute Gasteiger partial charge is 0.507 e. The van der Waals surface area contributed by atoms with E-state index < -0.39 is 19.4 Å². The Labute approximate surface area is 226 Å². The number of unbranched alkanes of at least 4 members (excludes halogenated alkanes) is 2. The van der Waals surface area contributed by atoms with Gasteiger partial charge in [0.25, 0.3) is 0 Å². The van der Waals surface area contributed by atoms with Gasteiger partial charge in [0.15, 0.2) is 5.60 Å². The third-order valence-corrected chi connectivity index (χ3v) is 8.62. The van der Waals surface area contributed by atoms with Crippen molar-refractivity contribution in [1.29, 1.82) is 0 Å². The summed E-state index contributed by atoms with van der Waals surface area (Å²) in [6.07, 6.45) is 8.83. The third-order valence-electron chi connectivity index (χ3n) is 7.53. The van der Waals surface area contributed by atoms with E-state index >= 15 is 0 Å². The van der Waals surface area contributed by atoms with Crippen LogP contribution in [0.2, 0.25) is 0 Å². The predicted octanol–water partition coefficient (Wildman–Crippen LogP) is 6.75. The molecule has 0 radical (unpaired) electrons. The molecule has 1 fully saturated rings. The molecule has 0 spiro atoms. The highest BCUT2D eigenvalue weighted by molar-refractivity contribution is 7.47. The SMILES string of the molecule is C=C(C)[C@@H]1CCC(C)=C[C@H]1c1c(O)cc(CCCCC)cc1OC(=O)C1(OP(=O)(O)OCCOC)CCC1. The smallest absolute Gasteiger partial charge is 0.473 e. The van der Waals surface area contributed by atoms with Crippen molar-refractivity contribution < 1.29 is 37.9 Å². The average Bonchev–Trinajstić information content (AvgIpc) is 2.81. The van der Waals surface area contributed by atoms with Crippen LogP contribution in [0.25, 0.3) is 0 Å². The minimum atomic E-state index is -4.53. The Hall–Kier alpha value is -1.96. The van der Waals surface area contributed by atoms with Gasteiger partial charge in [-0.2, -0.15) is 0 Å². The molecule has 9 heteroatoms. The van der Waals surface area contributed by atoms with Gasteiger partial charge >= 0.3 is 13.8 Å². The number of carbonyl (C=O) groups is 1. The summed E-state index contributed by atoms with van der Waals surface area (Å²) in [5.74, 6) is -0.569. The summed E-state index contributed by atoms with van der Waals surface area (Å²) in [6.45, 7) is 10.3. The Bertz CT molecular complexity index is 1070. The van der Waals surface area contributed by atoms with Gasteiger partial charge in [-0.1, -0.05) is 43.6 Å². The van der Waals surface area contributed by atoms with Crippen molar-refractivity contribution in [3.8, 4) is 11.5 Å². The number of methoxy groups -OCH3 is 1. The minimum absolute atomic E-state index is 0.0725. The number of hydrogen-bond donors (Lipinski definition) is 2. The molecule has 1 unspecified atom stereocenters. The van der Waals surface area contributed by atoms with Crippen LogP contribution in [0, 0.1) is 5.92 Å². The molecule has 1 saturated carbocycles. The number of hydrogen-bond acceptors (Lipinski definition) is 7. The van der Waals surface area contributed by atoms with Gasteiger partial charge < -0.3 is 19.5 Å². The fourth-order valence-corrected chi connectivity index (χ4v) is 6.28. The van der Waals surface area contributed by atoms with Crippen LogP contribution in [0.1, 0.15) is 89.2 Å². The van der Waals surface area contributed by atoms with Crippen molar-refractivity contribution in [3.05, 3.63) is 47.1 Å². The van der Waals surface area contributed by atoms with E-state index in [2.05, 4.69) is 26.5 Å². The second-order valence-corrected chi connectivity index (χ2v) is 12.0. The van der Waals surface area contributed by atoms with Gasteiger partial charge in [0.2, 0.25) is 0 Å². The molecule has 0 saturated heterocycles. The quantitative estimate of drug-likeness (QED) is 0.0860. The average molecular weight is 551 g/mol. The Kier molecular flexibility index (Phi) is 10.8. The molecular weight excluding hydrogens is 507 g/mol. The number of benzene rings is 1. The molecule has 2 N–H and O–H groups in total. The van der Waals surface area contributed by atoms with Crippen LogP contribution < -0.4 is 4.74 Å². The van der Waals surface area contributed by atoms with E-state index in [1.807, 2.05) is 13.0 Å². The van der Waals surface area contributed by atoms with Crippen LogP contribution in [-0.4, -0.2) is 41.9 Å². The number of phenols is 1. The number of allylic oxidation sites excluding steroid dienone is 3. The van der Waals surface area contributed by atoms with E-state index in [1.54, 1.807) is 6.07 Å². The van der Waals surface area contributed by atoms with Crippen LogP contribution in [0.3, 0.4) is 0 Å². The van der Waals surface area contributed by atoms with E-state index in [9.17, 15) is 19.4 Å². The molecule has 2 aliphatic carbocycles. The third kappa shape index (κ3) is 7.57. The van der Waals surface area contributed by atoms with Crippen molar-refractivity contribution in [1.82, 2.24) is 0 Å². The molecule has 212 valence electrons. The van der Waals surface area contributed by atoms with Crippen molar-refractivity contribution in [2.45, 2.75) is 90.1 Å². The molecule has 1 aromatic rings. The molecule has 38 heavy (non-hydrogen) atoms. The van der Waals surface area contributed by atoms with Gasteiger partial charge in [0.1, 0.15) is 11.5 Å². The van der Waals surface area contributed by atoms with Crippen molar-refractivity contribution in [2.75, 3.05) is 20.3 Å².